The first kappa shape index (κ1) is 10.5. The fraction of sp³-hybridized carbons (Fsp3) is 0.286. The zero-order valence-corrected chi connectivity index (χ0v) is 8.47. The third-order valence-electron chi connectivity index (χ3n) is 1.83. The Kier molecular flexibility index (Phi) is 2.07. The average molecular weight is 284 g/mol. The third kappa shape index (κ3) is 1.52. The number of hydrogen-bond acceptors (Lipinski definition) is 3. The fourth-order valence-electron chi connectivity index (χ4n) is 1.06. The van der Waals surface area contributed by atoms with Crippen LogP contribution in [0.15, 0.2) is 27.0 Å². The quantitative estimate of drug-likeness (QED) is 0.730. The molecule has 0 aromatic carbocycles. The molecule has 0 atom stereocenters. The minimum Gasteiger partial charge on any atom is -0.252 e. The maximum atomic E-state index is 12.6. The highest BCUT2D eigenvalue weighted by molar-refractivity contribution is 9.10. The highest BCUT2D eigenvalue weighted by atomic mass is 79.9. The molecule has 0 radical (unpaired) electrons. The van der Waals surface area contributed by atoms with E-state index in [1.165, 1.54) is 0 Å². The van der Waals surface area contributed by atoms with E-state index in [0.29, 0.717) is 6.20 Å². The number of alkyl halides is 3. The van der Waals surface area contributed by atoms with Gasteiger partial charge in [0.1, 0.15) is 11.5 Å². The van der Waals surface area contributed by atoms with E-state index in [9.17, 15) is 17.6 Å². The van der Waals surface area contributed by atoms with Crippen molar-refractivity contribution in [2.24, 2.45) is 10.2 Å². The van der Waals surface area contributed by atoms with Crippen LogP contribution in [0.4, 0.5) is 17.6 Å². The Morgan fingerprint density at radius 3 is 2.27 bits per heavy atom. The molecule has 2 heterocycles. The number of aromatic nitrogens is 1. The van der Waals surface area contributed by atoms with Crippen LogP contribution in [0.5, 0.6) is 0 Å². The summed E-state index contributed by atoms with van der Waals surface area (Å²) in [5, 5.41) is 5.90. The highest BCUT2D eigenvalue weighted by Gasteiger charge is 2.67. The molecule has 80 valence electrons. The Morgan fingerprint density at radius 1 is 1.27 bits per heavy atom. The molecule has 0 amide bonds. The summed E-state index contributed by atoms with van der Waals surface area (Å²) < 4.78 is 50.1. The number of halogens is 5. The second-order valence-corrected chi connectivity index (χ2v) is 3.71. The Morgan fingerprint density at radius 2 is 1.87 bits per heavy atom. The summed E-state index contributed by atoms with van der Waals surface area (Å²) in [5.74, 6) is -0.733. The zero-order chi connectivity index (χ0) is 11.3. The van der Waals surface area contributed by atoms with Crippen LogP contribution in [0, 0.1) is 5.82 Å². The first-order valence-electron chi connectivity index (χ1n) is 3.69. The van der Waals surface area contributed by atoms with Gasteiger partial charge in [-0.05, 0) is 22.0 Å². The molecule has 0 bridgehead atoms. The van der Waals surface area contributed by atoms with E-state index in [1.54, 1.807) is 0 Å². The van der Waals surface area contributed by atoms with Gasteiger partial charge in [0.25, 0.3) is 0 Å². The normalized spacial score (nSPS) is 17.9. The molecule has 3 nitrogen and oxygen atoms in total. The molecule has 15 heavy (non-hydrogen) atoms. The summed E-state index contributed by atoms with van der Waals surface area (Å²) in [6.45, 7) is 0. The number of rotatable bonds is 1. The van der Waals surface area contributed by atoms with E-state index in [1.807, 2.05) is 0 Å². The molecule has 1 aromatic rings. The predicted molar refractivity (Wildman–Crippen MR) is 44.5 cm³/mol. The van der Waals surface area contributed by atoms with E-state index in [-0.39, 0.29) is 4.47 Å². The van der Waals surface area contributed by atoms with Crippen LogP contribution in [0.1, 0.15) is 5.69 Å². The molecule has 0 saturated carbocycles. The van der Waals surface area contributed by atoms with Gasteiger partial charge in [0.2, 0.25) is 0 Å². The molecular weight excluding hydrogens is 282 g/mol. The zero-order valence-electron chi connectivity index (χ0n) is 6.89. The van der Waals surface area contributed by atoms with Crippen molar-refractivity contribution < 1.29 is 17.6 Å². The molecule has 2 rings (SSSR count). The van der Waals surface area contributed by atoms with Gasteiger partial charge >= 0.3 is 11.8 Å². The van der Waals surface area contributed by atoms with Gasteiger partial charge in [-0.2, -0.15) is 13.2 Å². The largest absolute Gasteiger partial charge is 0.443 e. The molecule has 0 fully saturated rings. The van der Waals surface area contributed by atoms with Crippen LogP contribution >= 0.6 is 15.9 Å². The summed E-state index contributed by atoms with van der Waals surface area (Å²) in [6, 6.07) is 0.888. The summed E-state index contributed by atoms with van der Waals surface area (Å²) in [6.07, 6.45) is -3.96. The van der Waals surface area contributed by atoms with E-state index in [0.717, 1.165) is 6.07 Å². The molecule has 0 unspecified atom stereocenters. The predicted octanol–water partition coefficient (Wildman–Crippen LogP) is 3.16. The van der Waals surface area contributed by atoms with Crippen LogP contribution in [0.25, 0.3) is 0 Å². The second kappa shape index (κ2) is 2.97. The van der Waals surface area contributed by atoms with Gasteiger partial charge in [-0.1, -0.05) is 0 Å². The monoisotopic (exact) mass is 283 g/mol. The SMILES string of the molecule is Fc1cnc(C2(C(F)(F)F)N=N2)c(Br)c1. The number of pyridine rings is 1. The van der Waals surface area contributed by atoms with Crippen molar-refractivity contribution in [2.75, 3.05) is 0 Å². The van der Waals surface area contributed by atoms with Crippen LogP contribution in [-0.4, -0.2) is 11.2 Å². The number of nitrogens with zero attached hydrogens (tertiary/aromatic N) is 3. The van der Waals surface area contributed by atoms with Crippen molar-refractivity contribution in [1.29, 1.82) is 0 Å². The lowest BCUT2D eigenvalue weighted by Crippen LogP contribution is -2.31. The van der Waals surface area contributed by atoms with E-state index >= 15 is 0 Å². The Balaban J connectivity index is 2.47. The second-order valence-electron chi connectivity index (χ2n) is 2.85. The lowest BCUT2D eigenvalue weighted by atomic mass is 10.1. The van der Waals surface area contributed by atoms with E-state index in [2.05, 4.69) is 31.1 Å². The van der Waals surface area contributed by atoms with E-state index < -0.39 is 23.4 Å². The molecule has 1 aromatic heterocycles. The van der Waals surface area contributed by atoms with Crippen LogP contribution in [0.2, 0.25) is 0 Å². The van der Waals surface area contributed by atoms with Gasteiger partial charge in [-0.25, -0.2) is 4.39 Å². The van der Waals surface area contributed by atoms with Gasteiger partial charge in [0.05, 0.1) is 6.20 Å². The summed E-state index contributed by atoms with van der Waals surface area (Å²) >= 11 is 2.79. The van der Waals surface area contributed by atoms with Crippen molar-refractivity contribution in [3.8, 4) is 0 Å². The summed E-state index contributed by atoms with van der Waals surface area (Å²) in [5.41, 5.74) is -3.06. The smallest absolute Gasteiger partial charge is 0.252 e. The molecule has 0 spiro atoms. The minimum atomic E-state index is -4.65. The lowest BCUT2D eigenvalue weighted by Gasteiger charge is -2.14. The van der Waals surface area contributed by atoms with Gasteiger partial charge in [-0.3, -0.25) is 4.98 Å². The maximum absolute atomic E-state index is 12.6. The first-order chi connectivity index (χ1) is 6.87. The lowest BCUT2D eigenvalue weighted by molar-refractivity contribution is -0.167. The molecule has 0 N–H and O–H groups in total. The van der Waals surface area contributed by atoms with E-state index in [4.69, 9.17) is 0 Å². The third-order valence-corrected chi connectivity index (χ3v) is 2.44. The molecule has 8 heteroatoms. The van der Waals surface area contributed by atoms with Gasteiger partial charge in [0, 0.05) is 4.47 Å². The number of hydrogen-bond donors (Lipinski definition) is 0. The molecule has 1 aliphatic heterocycles. The molecule has 0 aliphatic carbocycles. The van der Waals surface area contributed by atoms with Gasteiger partial charge in [0.15, 0.2) is 0 Å². The van der Waals surface area contributed by atoms with Crippen LogP contribution < -0.4 is 0 Å². The fourth-order valence-corrected chi connectivity index (χ4v) is 1.66. The van der Waals surface area contributed by atoms with Gasteiger partial charge < -0.3 is 0 Å². The first-order valence-corrected chi connectivity index (χ1v) is 4.48. The standard InChI is InChI=1S/C7H2BrF4N3/c8-4-1-3(9)2-13-5(4)6(14-15-6)7(10,11)12/h1-2H. The summed E-state index contributed by atoms with van der Waals surface area (Å²) in [4.78, 5) is 3.35. The van der Waals surface area contributed by atoms with Gasteiger partial charge in [-0.15, -0.1) is 10.2 Å². The van der Waals surface area contributed by atoms with Crippen molar-refractivity contribution in [1.82, 2.24) is 4.98 Å². The average Bonchev–Trinajstić information content (AvgIpc) is 2.83. The molecular formula is C7H2BrF4N3. The Labute approximate surface area is 89.4 Å². The van der Waals surface area contributed by atoms with Crippen molar-refractivity contribution in [3.63, 3.8) is 0 Å². The molecule has 0 saturated heterocycles. The van der Waals surface area contributed by atoms with Crippen LogP contribution in [-0.2, 0) is 5.66 Å². The minimum absolute atomic E-state index is 0.107. The highest BCUT2D eigenvalue weighted by Crippen LogP contribution is 2.53. The van der Waals surface area contributed by atoms with Crippen LogP contribution in [0.3, 0.4) is 0 Å². The topological polar surface area (TPSA) is 37.6 Å². The van der Waals surface area contributed by atoms with Crippen molar-refractivity contribution in [2.45, 2.75) is 11.8 Å². The molecule has 1 aliphatic rings. The maximum Gasteiger partial charge on any atom is 0.443 e. The van der Waals surface area contributed by atoms with Crippen molar-refractivity contribution >= 4 is 15.9 Å². The van der Waals surface area contributed by atoms with Crippen molar-refractivity contribution in [3.05, 3.63) is 28.2 Å². The Hall–Kier alpha value is -1.05. The summed E-state index contributed by atoms with van der Waals surface area (Å²) in [7, 11) is 0. The Bertz CT molecular complexity index is 436.